The molecule has 2 heteroatoms. The van der Waals surface area contributed by atoms with Crippen LogP contribution in [0, 0.1) is 13.8 Å². The first-order chi connectivity index (χ1) is 4.74. The largest absolute Gasteiger partial charge is 0.481 e. The zero-order valence-corrected chi connectivity index (χ0v) is 6.51. The predicted molar refractivity (Wildman–Crippen MR) is 40.3 cm³/mol. The van der Waals surface area contributed by atoms with E-state index >= 15 is 0 Å². The number of methoxy groups -OCH3 is 1. The minimum Gasteiger partial charge on any atom is -0.481 e. The lowest BCUT2D eigenvalue weighted by molar-refractivity contribution is 0.396. The lowest BCUT2D eigenvalue weighted by Crippen LogP contribution is -1.91. The van der Waals surface area contributed by atoms with E-state index in [0.717, 1.165) is 5.69 Å². The van der Waals surface area contributed by atoms with Crippen LogP contribution in [0.25, 0.3) is 0 Å². The van der Waals surface area contributed by atoms with Crippen LogP contribution < -0.4 is 4.74 Å². The summed E-state index contributed by atoms with van der Waals surface area (Å²) in [6.07, 6.45) is 0. The minimum atomic E-state index is 0.683. The van der Waals surface area contributed by atoms with Gasteiger partial charge >= 0.3 is 0 Å². The maximum absolute atomic E-state index is 4.94. The number of nitrogens with zero attached hydrogens (tertiary/aromatic N) is 1. The molecule has 0 atom stereocenters. The fourth-order valence-electron chi connectivity index (χ4n) is 0.721. The molecule has 0 spiro atoms. The van der Waals surface area contributed by atoms with E-state index in [0.29, 0.717) is 5.88 Å². The highest BCUT2D eigenvalue weighted by Crippen LogP contribution is 2.09. The van der Waals surface area contributed by atoms with Gasteiger partial charge in [0.1, 0.15) is 0 Å². The molecule has 0 bridgehead atoms. The third-order valence-corrected chi connectivity index (χ3v) is 1.53. The van der Waals surface area contributed by atoms with E-state index in [2.05, 4.69) is 4.98 Å². The van der Waals surface area contributed by atoms with Gasteiger partial charge in [-0.05, 0) is 19.4 Å². The number of aryl methyl sites for hydroxylation is 2. The van der Waals surface area contributed by atoms with E-state index in [4.69, 9.17) is 4.74 Å². The van der Waals surface area contributed by atoms with Crippen molar-refractivity contribution in [2.24, 2.45) is 0 Å². The summed E-state index contributed by atoms with van der Waals surface area (Å²) >= 11 is 0. The standard InChI is InChI=1S/C8H11NO/c1-6-4-5-8(10-3)9-7(6)2/h4-5H,1-3H3. The molecular formula is C8H11NO. The third kappa shape index (κ3) is 1.26. The normalized spacial score (nSPS) is 9.50. The summed E-state index contributed by atoms with van der Waals surface area (Å²) in [4.78, 5) is 4.17. The van der Waals surface area contributed by atoms with Gasteiger partial charge in [-0.3, -0.25) is 0 Å². The number of rotatable bonds is 1. The molecule has 1 aromatic heterocycles. The lowest BCUT2D eigenvalue weighted by atomic mass is 10.2. The topological polar surface area (TPSA) is 22.1 Å². The van der Waals surface area contributed by atoms with Gasteiger partial charge in [0.15, 0.2) is 0 Å². The Bertz CT molecular complexity index is 233. The highest BCUT2D eigenvalue weighted by Gasteiger charge is 1.94. The van der Waals surface area contributed by atoms with Gasteiger partial charge in [0.05, 0.1) is 7.11 Å². The summed E-state index contributed by atoms with van der Waals surface area (Å²) in [6, 6.07) is 3.86. The zero-order valence-electron chi connectivity index (χ0n) is 6.51. The molecule has 1 heterocycles. The number of hydrogen-bond acceptors (Lipinski definition) is 2. The molecule has 0 unspecified atom stereocenters. The average Bonchev–Trinajstić information content (AvgIpc) is 1.95. The number of pyridine rings is 1. The van der Waals surface area contributed by atoms with Gasteiger partial charge in [-0.25, -0.2) is 4.98 Å². The zero-order chi connectivity index (χ0) is 7.56. The summed E-state index contributed by atoms with van der Waals surface area (Å²) in [7, 11) is 1.62. The van der Waals surface area contributed by atoms with Gasteiger partial charge < -0.3 is 4.74 Å². The Kier molecular flexibility index (Phi) is 1.90. The van der Waals surface area contributed by atoms with E-state index in [1.165, 1.54) is 5.56 Å². The molecule has 0 aliphatic rings. The number of hydrogen-bond donors (Lipinski definition) is 0. The van der Waals surface area contributed by atoms with Gasteiger partial charge in [0, 0.05) is 11.8 Å². The van der Waals surface area contributed by atoms with E-state index < -0.39 is 0 Å². The van der Waals surface area contributed by atoms with E-state index in [1.807, 2.05) is 26.0 Å². The van der Waals surface area contributed by atoms with Crippen LogP contribution in [0.15, 0.2) is 12.1 Å². The van der Waals surface area contributed by atoms with Crippen LogP contribution in [-0.4, -0.2) is 12.1 Å². The van der Waals surface area contributed by atoms with Crippen molar-refractivity contribution in [1.29, 1.82) is 0 Å². The Morgan fingerprint density at radius 3 is 2.50 bits per heavy atom. The molecule has 0 saturated heterocycles. The Balaban J connectivity index is 3.04. The minimum absolute atomic E-state index is 0.683. The van der Waals surface area contributed by atoms with Crippen molar-refractivity contribution in [3.05, 3.63) is 23.4 Å². The van der Waals surface area contributed by atoms with Crippen LogP contribution in [0.1, 0.15) is 11.3 Å². The summed E-state index contributed by atoms with van der Waals surface area (Å²) < 4.78 is 4.94. The Morgan fingerprint density at radius 2 is 2.00 bits per heavy atom. The van der Waals surface area contributed by atoms with Crippen molar-refractivity contribution >= 4 is 0 Å². The molecule has 0 aliphatic carbocycles. The maximum Gasteiger partial charge on any atom is 0.213 e. The lowest BCUT2D eigenvalue weighted by Gasteiger charge is -2.01. The SMILES string of the molecule is COc1ccc(C)c(C)n1. The summed E-state index contributed by atoms with van der Waals surface area (Å²) in [5.41, 5.74) is 2.22. The number of ether oxygens (including phenoxy) is 1. The molecule has 0 aliphatic heterocycles. The second-order valence-corrected chi connectivity index (χ2v) is 2.26. The highest BCUT2D eigenvalue weighted by atomic mass is 16.5. The summed E-state index contributed by atoms with van der Waals surface area (Å²) in [5, 5.41) is 0. The van der Waals surface area contributed by atoms with Crippen molar-refractivity contribution in [1.82, 2.24) is 4.98 Å². The Labute approximate surface area is 60.9 Å². The van der Waals surface area contributed by atoms with Crippen LogP contribution in [0.4, 0.5) is 0 Å². The fraction of sp³-hybridized carbons (Fsp3) is 0.375. The highest BCUT2D eigenvalue weighted by molar-refractivity contribution is 5.23. The summed E-state index contributed by atoms with van der Waals surface area (Å²) in [5.74, 6) is 0.683. The second-order valence-electron chi connectivity index (χ2n) is 2.26. The van der Waals surface area contributed by atoms with E-state index in [-0.39, 0.29) is 0 Å². The maximum atomic E-state index is 4.94. The Hall–Kier alpha value is -1.05. The third-order valence-electron chi connectivity index (χ3n) is 1.53. The molecule has 54 valence electrons. The second kappa shape index (κ2) is 2.69. The average molecular weight is 137 g/mol. The van der Waals surface area contributed by atoms with Crippen molar-refractivity contribution < 1.29 is 4.74 Å². The quantitative estimate of drug-likeness (QED) is 0.587. The molecule has 0 radical (unpaired) electrons. The fourth-order valence-corrected chi connectivity index (χ4v) is 0.721. The molecule has 1 aromatic rings. The van der Waals surface area contributed by atoms with Crippen LogP contribution >= 0.6 is 0 Å². The van der Waals surface area contributed by atoms with E-state index in [9.17, 15) is 0 Å². The first-order valence-electron chi connectivity index (χ1n) is 3.22. The predicted octanol–water partition coefficient (Wildman–Crippen LogP) is 1.71. The first-order valence-corrected chi connectivity index (χ1v) is 3.22. The smallest absolute Gasteiger partial charge is 0.213 e. The molecule has 0 aromatic carbocycles. The molecule has 0 fully saturated rings. The molecule has 2 nitrogen and oxygen atoms in total. The molecule has 1 rings (SSSR count). The molecule has 10 heavy (non-hydrogen) atoms. The van der Waals surface area contributed by atoms with Crippen molar-refractivity contribution in [3.63, 3.8) is 0 Å². The van der Waals surface area contributed by atoms with Crippen LogP contribution in [-0.2, 0) is 0 Å². The van der Waals surface area contributed by atoms with Gasteiger partial charge in [0.2, 0.25) is 5.88 Å². The van der Waals surface area contributed by atoms with Crippen LogP contribution in [0.5, 0.6) is 5.88 Å². The van der Waals surface area contributed by atoms with Gasteiger partial charge in [-0.2, -0.15) is 0 Å². The Morgan fingerprint density at radius 1 is 1.30 bits per heavy atom. The van der Waals surface area contributed by atoms with Gasteiger partial charge in [-0.1, -0.05) is 6.07 Å². The van der Waals surface area contributed by atoms with Gasteiger partial charge in [0.25, 0.3) is 0 Å². The van der Waals surface area contributed by atoms with Crippen LogP contribution in [0.3, 0.4) is 0 Å². The molecule has 0 N–H and O–H groups in total. The summed E-state index contributed by atoms with van der Waals surface area (Å²) in [6.45, 7) is 4.00. The monoisotopic (exact) mass is 137 g/mol. The molecule has 0 amide bonds. The van der Waals surface area contributed by atoms with Gasteiger partial charge in [-0.15, -0.1) is 0 Å². The van der Waals surface area contributed by atoms with E-state index in [1.54, 1.807) is 7.11 Å². The van der Waals surface area contributed by atoms with Crippen molar-refractivity contribution in [3.8, 4) is 5.88 Å². The molecular weight excluding hydrogens is 126 g/mol. The number of aromatic nitrogens is 1. The first kappa shape index (κ1) is 7.06. The van der Waals surface area contributed by atoms with Crippen LogP contribution in [0.2, 0.25) is 0 Å². The molecule has 0 saturated carbocycles. The van der Waals surface area contributed by atoms with Crippen molar-refractivity contribution in [2.45, 2.75) is 13.8 Å². The van der Waals surface area contributed by atoms with Crippen molar-refractivity contribution in [2.75, 3.05) is 7.11 Å².